The van der Waals surface area contributed by atoms with Crippen molar-refractivity contribution in [2.45, 2.75) is 12.5 Å². The van der Waals surface area contributed by atoms with Crippen molar-refractivity contribution in [1.82, 2.24) is 0 Å². The lowest BCUT2D eigenvalue weighted by atomic mass is 9.93. The molecule has 0 aromatic heterocycles. The average molecular weight is 709 g/mol. The maximum atomic E-state index is 12.2. The molecule has 2 nitrogen and oxygen atoms in total. The van der Waals surface area contributed by atoms with Crippen molar-refractivity contribution in [3.8, 4) is 0 Å². The van der Waals surface area contributed by atoms with Crippen molar-refractivity contribution in [2.24, 2.45) is 5.92 Å². The molecule has 0 aliphatic rings. The Balaban J connectivity index is 1.33. The molecule has 0 amide bonds. The summed E-state index contributed by atoms with van der Waals surface area (Å²) in [7, 11) is -5.61. The van der Waals surface area contributed by atoms with Crippen LogP contribution in [0.4, 0.5) is 0 Å². The molecule has 256 valence electrons. The lowest BCUT2D eigenvalue weighted by molar-refractivity contribution is 0.116. The Kier molecular flexibility index (Phi) is 11.3. The summed E-state index contributed by atoms with van der Waals surface area (Å²) < 4.78 is 7.40. The molecule has 2 unspecified atom stereocenters. The van der Waals surface area contributed by atoms with Crippen LogP contribution >= 0.6 is 0 Å². The van der Waals surface area contributed by atoms with Gasteiger partial charge >= 0.3 is 0 Å². The summed E-state index contributed by atoms with van der Waals surface area (Å²) in [6.07, 6.45) is 2.23. The van der Waals surface area contributed by atoms with Gasteiger partial charge in [-0.1, -0.05) is 224 Å². The Morgan fingerprint density at radius 3 is 1.08 bits per heavy atom. The first kappa shape index (κ1) is 35.1. The van der Waals surface area contributed by atoms with Crippen LogP contribution < -0.4 is 31.1 Å². The van der Waals surface area contributed by atoms with Gasteiger partial charge in [0, 0.05) is 12.5 Å². The zero-order chi connectivity index (χ0) is 35.5. The summed E-state index contributed by atoms with van der Waals surface area (Å²) in [6, 6.07) is 74.9. The second kappa shape index (κ2) is 16.8. The van der Waals surface area contributed by atoms with Gasteiger partial charge in [-0.25, -0.2) is 0 Å². The molecule has 4 heteroatoms. The monoisotopic (exact) mass is 708 g/mol. The molecule has 0 bridgehead atoms. The standard InChI is InChI=1S/C48H44O2Si2/c49-48(40-22-8-1-9-23-40)41(37-39-51(42-24-10-2-11-25-42,43-26-12-3-13-27-43)44-28-14-4-15-29-44)36-38-50-52(45-30-16-5-17-31-45,46-32-18-6-19-33-46)47-34-20-7-21-35-47/h1-35,37,39,41,48-49H,36,38H2/b39-37+. The quantitative estimate of drug-likeness (QED) is 0.101. The van der Waals surface area contributed by atoms with E-state index < -0.39 is 22.5 Å². The van der Waals surface area contributed by atoms with Crippen LogP contribution in [0.25, 0.3) is 0 Å². The van der Waals surface area contributed by atoms with E-state index in [0.717, 1.165) is 5.56 Å². The fraction of sp³-hybridized carbons (Fsp3) is 0.0833. The first-order chi connectivity index (χ1) is 25.7. The van der Waals surface area contributed by atoms with E-state index in [4.69, 9.17) is 4.43 Å². The molecule has 0 saturated heterocycles. The molecule has 52 heavy (non-hydrogen) atoms. The molecule has 7 rings (SSSR count). The third kappa shape index (κ3) is 7.34. The van der Waals surface area contributed by atoms with Crippen LogP contribution in [0.1, 0.15) is 18.1 Å². The lowest BCUT2D eigenvalue weighted by Crippen LogP contribution is -2.69. The fourth-order valence-corrected chi connectivity index (χ4v) is 15.7. The van der Waals surface area contributed by atoms with Crippen LogP contribution in [0.15, 0.2) is 224 Å². The summed E-state index contributed by atoms with van der Waals surface area (Å²) in [5.74, 6) is -0.209. The number of hydrogen-bond acceptors (Lipinski definition) is 2. The molecule has 0 heterocycles. The lowest BCUT2D eigenvalue weighted by Gasteiger charge is -2.34. The first-order valence-electron chi connectivity index (χ1n) is 18.1. The van der Waals surface area contributed by atoms with E-state index in [-0.39, 0.29) is 5.92 Å². The van der Waals surface area contributed by atoms with E-state index in [1.807, 2.05) is 30.3 Å². The zero-order valence-electron chi connectivity index (χ0n) is 29.3. The summed E-state index contributed by atoms with van der Waals surface area (Å²) in [4.78, 5) is 0. The molecular formula is C48H44O2Si2. The molecule has 0 saturated carbocycles. The van der Waals surface area contributed by atoms with Gasteiger partial charge in [-0.15, -0.1) is 0 Å². The minimum atomic E-state index is -2.92. The molecule has 0 fully saturated rings. The maximum Gasteiger partial charge on any atom is 0.288 e. The summed E-state index contributed by atoms with van der Waals surface area (Å²) in [6.45, 7) is 0.473. The third-order valence-corrected chi connectivity index (χ3v) is 18.6. The normalized spacial score (nSPS) is 13.1. The highest BCUT2D eigenvalue weighted by atomic mass is 28.4. The van der Waals surface area contributed by atoms with Gasteiger partial charge in [-0.05, 0) is 43.1 Å². The van der Waals surface area contributed by atoms with Crippen molar-refractivity contribution < 1.29 is 9.53 Å². The van der Waals surface area contributed by atoms with E-state index in [1.54, 1.807) is 0 Å². The molecule has 7 aromatic carbocycles. The Hall–Kier alpha value is -5.37. The predicted molar refractivity (Wildman–Crippen MR) is 223 cm³/mol. The number of aliphatic hydroxyl groups excluding tert-OH is 1. The second-order valence-electron chi connectivity index (χ2n) is 13.2. The highest BCUT2D eigenvalue weighted by Crippen LogP contribution is 2.28. The van der Waals surface area contributed by atoms with E-state index in [9.17, 15) is 5.11 Å². The van der Waals surface area contributed by atoms with Crippen molar-refractivity contribution >= 4 is 47.5 Å². The fourth-order valence-electron chi connectivity index (χ4n) is 7.53. The average Bonchev–Trinajstić information content (AvgIpc) is 3.24. The molecular weight excluding hydrogens is 665 g/mol. The molecule has 0 aliphatic carbocycles. The van der Waals surface area contributed by atoms with Crippen LogP contribution in [0.5, 0.6) is 0 Å². The first-order valence-corrected chi connectivity index (χ1v) is 22.1. The topological polar surface area (TPSA) is 29.5 Å². The smallest absolute Gasteiger partial charge is 0.288 e. The van der Waals surface area contributed by atoms with E-state index in [2.05, 4.69) is 194 Å². The van der Waals surface area contributed by atoms with Crippen LogP contribution in [0, 0.1) is 5.92 Å². The molecule has 0 spiro atoms. The molecule has 2 atom stereocenters. The maximum absolute atomic E-state index is 12.2. The van der Waals surface area contributed by atoms with Crippen molar-refractivity contribution in [2.75, 3.05) is 6.61 Å². The van der Waals surface area contributed by atoms with E-state index in [0.29, 0.717) is 13.0 Å². The molecule has 1 N–H and O–H groups in total. The van der Waals surface area contributed by atoms with E-state index in [1.165, 1.54) is 31.1 Å². The van der Waals surface area contributed by atoms with Gasteiger partial charge in [0.2, 0.25) is 0 Å². The molecule has 0 aliphatic heterocycles. The van der Waals surface area contributed by atoms with Crippen LogP contribution in [0.2, 0.25) is 0 Å². The minimum absolute atomic E-state index is 0.209. The Morgan fingerprint density at radius 2 is 0.731 bits per heavy atom. The highest BCUT2D eigenvalue weighted by Gasteiger charge is 2.42. The predicted octanol–water partition coefficient (Wildman–Crippen LogP) is 6.68. The number of benzene rings is 7. The Morgan fingerprint density at radius 1 is 0.423 bits per heavy atom. The van der Waals surface area contributed by atoms with Gasteiger partial charge in [-0.2, -0.15) is 0 Å². The summed E-state index contributed by atoms with van der Waals surface area (Å²) in [5, 5.41) is 19.7. The van der Waals surface area contributed by atoms with Crippen molar-refractivity contribution in [1.29, 1.82) is 0 Å². The van der Waals surface area contributed by atoms with Crippen molar-refractivity contribution in [3.05, 3.63) is 230 Å². The molecule has 0 radical (unpaired) electrons. The number of rotatable bonds is 14. The summed E-state index contributed by atoms with van der Waals surface area (Å²) in [5.41, 5.74) is 3.36. The van der Waals surface area contributed by atoms with Crippen LogP contribution in [-0.4, -0.2) is 28.1 Å². The SMILES string of the molecule is OC(c1ccccc1)C(/C=C/[Si](c1ccccc1)(c1ccccc1)c1ccccc1)CCO[Si](c1ccccc1)(c1ccccc1)c1ccccc1. The number of aliphatic hydroxyl groups is 1. The largest absolute Gasteiger partial charge is 0.404 e. The van der Waals surface area contributed by atoms with Gasteiger partial charge in [0.1, 0.15) is 0 Å². The highest BCUT2D eigenvalue weighted by molar-refractivity contribution is 7.14. The number of hydrogen-bond donors (Lipinski definition) is 1. The Bertz CT molecular complexity index is 1920. The zero-order valence-corrected chi connectivity index (χ0v) is 31.3. The molecule has 7 aromatic rings. The third-order valence-electron chi connectivity index (χ3n) is 10.1. The van der Waals surface area contributed by atoms with Gasteiger partial charge < -0.3 is 9.53 Å². The van der Waals surface area contributed by atoms with Crippen molar-refractivity contribution in [3.63, 3.8) is 0 Å². The summed E-state index contributed by atoms with van der Waals surface area (Å²) >= 11 is 0. The van der Waals surface area contributed by atoms with E-state index >= 15 is 0 Å². The van der Waals surface area contributed by atoms with Crippen LogP contribution in [-0.2, 0) is 4.43 Å². The van der Waals surface area contributed by atoms with Gasteiger partial charge in [0.15, 0.2) is 8.07 Å². The van der Waals surface area contributed by atoms with Gasteiger partial charge in [-0.3, -0.25) is 0 Å². The van der Waals surface area contributed by atoms with Gasteiger partial charge in [0.25, 0.3) is 8.32 Å². The minimum Gasteiger partial charge on any atom is -0.404 e. The van der Waals surface area contributed by atoms with Gasteiger partial charge in [0.05, 0.1) is 6.10 Å². The second-order valence-corrected chi connectivity index (χ2v) is 20.3. The van der Waals surface area contributed by atoms with Crippen LogP contribution in [0.3, 0.4) is 0 Å². The Labute approximate surface area is 310 Å².